The third-order valence-corrected chi connectivity index (χ3v) is 2.17. The fraction of sp³-hybridized carbons (Fsp3) is 0.600. The normalized spacial score (nSPS) is 14.5. The zero-order chi connectivity index (χ0) is 9.90. The van der Waals surface area contributed by atoms with Gasteiger partial charge in [-0.15, -0.1) is 0 Å². The lowest BCUT2D eigenvalue weighted by atomic mass is 9.94. The molecule has 0 saturated heterocycles. The van der Waals surface area contributed by atoms with Crippen LogP contribution in [-0.4, -0.2) is 12.2 Å². The Balaban J connectivity index is 2.71. The van der Waals surface area contributed by atoms with Crippen LogP contribution < -0.4 is 5.73 Å². The Hall–Kier alpha value is -0.800. The fourth-order valence-electron chi connectivity index (χ4n) is 1.32. The molecule has 13 heavy (non-hydrogen) atoms. The zero-order valence-electron chi connectivity index (χ0n) is 8.41. The molecule has 0 aliphatic heterocycles. The number of hydrogen-bond donors (Lipinski definition) is 1. The molecule has 0 aromatic carbocycles. The van der Waals surface area contributed by atoms with Crippen LogP contribution in [0.5, 0.6) is 0 Å². The molecule has 0 amide bonds. The van der Waals surface area contributed by atoms with Crippen LogP contribution in [0.1, 0.15) is 32.4 Å². The van der Waals surface area contributed by atoms with Gasteiger partial charge in [0.25, 0.3) is 0 Å². The molecule has 0 bridgehead atoms. The molecule has 1 rings (SSSR count). The van der Waals surface area contributed by atoms with E-state index < -0.39 is 0 Å². The molecular weight excluding hydrogens is 166 g/mol. The molecule has 1 atom stereocenters. The minimum absolute atomic E-state index is 0.147. The molecule has 1 heterocycles. The lowest BCUT2D eigenvalue weighted by molar-refractivity contribution is -0.0299. The van der Waals surface area contributed by atoms with Crippen molar-refractivity contribution in [3.05, 3.63) is 24.2 Å². The number of furan rings is 1. The molecule has 3 heteroatoms. The van der Waals surface area contributed by atoms with Crippen molar-refractivity contribution in [3.63, 3.8) is 0 Å². The van der Waals surface area contributed by atoms with Gasteiger partial charge in [-0.05, 0) is 26.8 Å². The highest BCUT2D eigenvalue weighted by molar-refractivity contribution is 5.14. The van der Waals surface area contributed by atoms with E-state index in [0.717, 1.165) is 5.56 Å². The van der Waals surface area contributed by atoms with Gasteiger partial charge in [0.15, 0.2) is 0 Å². The van der Waals surface area contributed by atoms with Crippen molar-refractivity contribution in [3.8, 4) is 0 Å². The molecule has 0 fully saturated rings. The van der Waals surface area contributed by atoms with E-state index in [1.165, 1.54) is 0 Å². The predicted octanol–water partition coefficient (Wildman–Crippen LogP) is 2.09. The maximum atomic E-state index is 6.02. The van der Waals surface area contributed by atoms with Crippen molar-refractivity contribution in [2.24, 2.45) is 5.73 Å². The third-order valence-electron chi connectivity index (χ3n) is 2.17. The highest BCUT2D eigenvalue weighted by atomic mass is 16.5. The highest BCUT2D eigenvalue weighted by Gasteiger charge is 2.28. The van der Waals surface area contributed by atoms with Crippen LogP contribution in [0.3, 0.4) is 0 Å². The Kier molecular flexibility index (Phi) is 3.12. The minimum Gasteiger partial charge on any atom is -0.472 e. The molecule has 0 aliphatic rings. The van der Waals surface area contributed by atoms with Crippen molar-refractivity contribution in [1.82, 2.24) is 0 Å². The summed E-state index contributed by atoms with van der Waals surface area (Å²) in [5.74, 6) is 0. The molecule has 2 N–H and O–H groups in total. The van der Waals surface area contributed by atoms with Crippen LogP contribution in [0.2, 0.25) is 0 Å². The first-order valence-electron chi connectivity index (χ1n) is 4.49. The van der Waals surface area contributed by atoms with Crippen LogP contribution >= 0.6 is 0 Å². The monoisotopic (exact) mass is 183 g/mol. The summed E-state index contributed by atoms with van der Waals surface area (Å²) >= 11 is 0. The summed E-state index contributed by atoms with van der Waals surface area (Å²) < 4.78 is 10.5. The van der Waals surface area contributed by atoms with E-state index in [2.05, 4.69) is 0 Å². The number of rotatable bonds is 4. The SMILES string of the molecule is CCOC(C)(C)C(N)c1ccoc1. The first-order valence-corrected chi connectivity index (χ1v) is 4.49. The zero-order valence-corrected chi connectivity index (χ0v) is 8.41. The predicted molar refractivity (Wildman–Crippen MR) is 51.3 cm³/mol. The molecular formula is C10H17NO2. The van der Waals surface area contributed by atoms with Crippen molar-refractivity contribution < 1.29 is 9.15 Å². The van der Waals surface area contributed by atoms with Crippen molar-refractivity contribution in [2.45, 2.75) is 32.4 Å². The van der Waals surface area contributed by atoms with Crippen LogP contribution in [0.15, 0.2) is 23.0 Å². The van der Waals surface area contributed by atoms with Gasteiger partial charge in [0.1, 0.15) is 0 Å². The highest BCUT2D eigenvalue weighted by Crippen LogP contribution is 2.26. The average Bonchev–Trinajstić information content (AvgIpc) is 2.54. The van der Waals surface area contributed by atoms with Gasteiger partial charge in [-0.3, -0.25) is 0 Å². The molecule has 0 saturated carbocycles. The number of ether oxygens (including phenoxy) is 1. The standard InChI is InChI=1S/C10H17NO2/c1-4-13-10(2,3)9(11)8-5-6-12-7-8/h5-7,9H,4,11H2,1-3H3. The van der Waals surface area contributed by atoms with Crippen LogP contribution in [0.4, 0.5) is 0 Å². The van der Waals surface area contributed by atoms with E-state index in [1.807, 2.05) is 26.8 Å². The summed E-state index contributed by atoms with van der Waals surface area (Å²) in [7, 11) is 0. The fourth-order valence-corrected chi connectivity index (χ4v) is 1.32. The molecule has 1 aromatic heterocycles. The van der Waals surface area contributed by atoms with Crippen LogP contribution in [0.25, 0.3) is 0 Å². The van der Waals surface area contributed by atoms with Gasteiger partial charge < -0.3 is 14.9 Å². The third kappa shape index (κ3) is 2.32. The number of hydrogen-bond acceptors (Lipinski definition) is 3. The summed E-state index contributed by atoms with van der Waals surface area (Å²) in [5, 5.41) is 0. The maximum absolute atomic E-state index is 6.02. The topological polar surface area (TPSA) is 48.4 Å². The van der Waals surface area contributed by atoms with E-state index in [-0.39, 0.29) is 11.6 Å². The second-order valence-corrected chi connectivity index (χ2v) is 3.57. The summed E-state index contributed by atoms with van der Waals surface area (Å²) in [6, 6.07) is 1.72. The quantitative estimate of drug-likeness (QED) is 0.777. The second-order valence-electron chi connectivity index (χ2n) is 3.57. The minimum atomic E-state index is -0.349. The average molecular weight is 183 g/mol. The Morgan fingerprint density at radius 3 is 2.77 bits per heavy atom. The van der Waals surface area contributed by atoms with Crippen LogP contribution in [0, 0.1) is 0 Å². The van der Waals surface area contributed by atoms with E-state index >= 15 is 0 Å². The largest absolute Gasteiger partial charge is 0.472 e. The molecule has 1 aromatic rings. The molecule has 3 nitrogen and oxygen atoms in total. The number of nitrogens with two attached hydrogens (primary N) is 1. The molecule has 0 radical (unpaired) electrons. The summed E-state index contributed by atoms with van der Waals surface area (Å²) in [6.07, 6.45) is 3.28. The Bertz CT molecular complexity index is 241. The smallest absolute Gasteiger partial charge is 0.0951 e. The van der Waals surface area contributed by atoms with Crippen LogP contribution in [-0.2, 0) is 4.74 Å². The van der Waals surface area contributed by atoms with E-state index in [9.17, 15) is 0 Å². The van der Waals surface area contributed by atoms with E-state index in [1.54, 1.807) is 12.5 Å². The Morgan fingerprint density at radius 2 is 2.31 bits per heavy atom. The van der Waals surface area contributed by atoms with Gasteiger partial charge in [-0.2, -0.15) is 0 Å². The summed E-state index contributed by atoms with van der Waals surface area (Å²) in [5.41, 5.74) is 6.64. The molecule has 0 aliphatic carbocycles. The molecule has 1 unspecified atom stereocenters. The molecule has 0 spiro atoms. The first-order chi connectivity index (χ1) is 6.08. The van der Waals surface area contributed by atoms with Gasteiger partial charge in [0, 0.05) is 12.2 Å². The second kappa shape index (κ2) is 3.94. The van der Waals surface area contributed by atoms with Gasteiger partial charge in [0.2, 0.25) is 0 Å². The van der Waals surface area contributed by atoms with Gasteiger partial charge >= 0.3 is 0 Å². The van der Waals surface area contributed by atoms with Gasteiger partial charge in [0.05, 0.1) is 24.2 Å². The van der Waals surface area contributed by atoms with Gasteiger partial charge in [-0.25, -0.2) is 0 Å². The lowest BCUT2D eigenvalue weighted by Crippen LogP contribution is -2.37. The van der Waals surface area contributed by atoms with Crippen molar-refractivity contribution >= 4 is 0 Å². The summed E-state index contributed by atoms with van der Waals surface area (Å²) in [4.78, 5) is 0. The summed E-state index contributed by atoms with van der Waals surface area (Å²) in [6.45, 7) is 6.59. The first kappa shape index (κ1) is 10.3. The Labute approximate surface area is 78.9 Å². The van der Waals surface area contributed by atoms with Crippen molar-refractivity contribution in [2.75, 3.05) is 6.61 Å². The molecule has 74 valence electrons. The van der Waals surface area contributed by atoms with Crippen molar-refractivity contribution in [1.29, 1.82) is 0 Å². The maximum Gasteiger partial charge on any atom is 0.0951 e. The Morgan fingerprint density at radius 1 is 1.62 bits per heavy atom. The van der Waals surface area contributed by atoms with E-state index in [0.29, 0.717) is 6.61 Å². The van der Waals surface area contributed by atoms with E-state index in [4.69, 9.17) is 14.9 Å². The lowest BCUT2D eigenvalue weighted by Gasteiger charge is -2.30. The van der Waals surface area contributed by atoms with Gasteiger partial charge in [-0.1, -0.05) is 0 Å².